The lowest BCUT2D eigenvalue weighted by Gasteiger charge is -2.23. The predicted octanol–water partition coefficient (Wildman–Crippen LogP) is 3.65. The molecule has 5 rings (SSSR count). The maximum Gasteiger partial charge on any atom is 0.265 e. The number of fused-ring (bicyclic) bond motifs is 1. The van der Waals surface area contributed by atoms with Crippen molar-refractivity contribution in [3.8, 4) is 5.75 Å². The van der Waals surface area contributed by atoms with Gasteiger partial charge in [0.05, 0.1) is 18.0 Å². The van der Waals surface area contributed by atoms with Gasteiger partial charge in [0.15, 0.2) is 11.3 Å². The smallest absolute Gasteiger partial charge is 0.265 e. The summed E-state index contributed by atoms with van der Waals surface area (Å²) >= 11 is 1.37. The van der Waals surface area contributed by atoms with Crippen molar-refractivity contribution >= 4 is 35.0 Å². The van der Waals surface area contributed by atoms with Crippen molar-refractivity contribution in [3.63, 3.8) is 0 Å². The normalized spacial score (nSPS) is 17.3. The lowest BCUT2D eigenvalue weighted by molar-refractivity contribution is -0.122. The van der Waals surface area contributed by atoms with Crippen LogP contribution in [0.4, 0.5) is 11.4 Å². The first-order valence-corrected chi connectivity index (χ1v) is 11.6. The molecular weight excluding hydrogens is 426 g/mol. The highest BCUT2D eigenvalue weighted by Crippen LogP contribution is 2.40. The van der Waals surface area contributed by atoms with E-state index < -0.39 is 6.10 Å². The van der Waals surface area contributed by atoms with E-state index in [-0.39, 0.29) is 17.6 Å². The second-order valence-electron chi connectivity index (χ2n) is 7.98. The molecule has 1 aliphatic carbocycles. The largest absolute Gasteiger partial charge is 0.479 e. The van der Waals surface area contributed by atoms with Crippen LogP contribution in [0.3, 0.4) is 0 Å². The number of amides is 2. The van der Waals surface area contributed by atoms with Gasteiger partial charge in [0.2, 0.25) is 5.91 Å². The summed E-state index contributed by atoms with van der Waals surface area (Å²) in [6, 6.07) is 15.4. The number of nitrogens with zero attached hydrogens (tertiary/aromatic N) is 3. The zero-order chi connectivity index (χ0) is 22.1. The molecule has 2 heterocycles. The second kappa shape index (κ2) is 8.66. The monoisotopic (exact) mass is 449 g/mol. The van der Waals surface area contributed by atoms with E-state index in [1.807, 2.05) is 18.2 Å². The number of hydrogen-bond donors (Lipinski definition) is 2. The van der Waals surface area contributed by atoms with Crippen molar-refractivity contribution in [2.75, 3.05) is 16.4 Å². The van der Waals surface area contributed by atoms with Gasteiger partial charge >= 0.3 is 0 Å². The van der Waals surface area contributed by atoms with Crippen LogP contribution < -0.4 is 15.4 Å². The molecule has 2 aliphatic rings. The van der Waals surface area contributed by atoms with Crippen LogP contribution in [-0.2, 0) is 16.1 Å². The van der Waals surface area contributed by atoms with Crippen molar-refractivity contribution in [1.82, 2.24) is 14.8 Å². The topological polar surface area (TPSA) is 98.1 Å². The van der Waals surface area contributed by atoms with Gasteiger partial charge in [-0.3, -0.25) is 9.59 Å². The molecule has 1 aliphatic heterocycles. The van der Waals surface area contributed by atoms with Gasteiger partial charge in [0.1, 0.15) is 11.6 Å². The molecule has 1 saturated carbocycles. The molecule has 0 bridgehead atoms. The fraction of sp³-hybridized carbons (Fsp3) is 0.304. The molecule has 32 heavy (non-hydrogen) atoms. The highest BCUT2D eigenvalue weighted by molar-refractivity contribution is 7.99. The molecule has 1 fully saturated rings. The first-order valence-electron chi connectivity index (χ1n) is 10.6. The van der Waals surface area contributed by atoms with Crippen LogP contribution in [0.15, 0.2) is 53.7 Å². The van der Waals surface area contributed by atoms with E-state index in [2.05, 4.69) is 37.5 Å². The Morgan fingerprint density at radius 2 is 2.03 bits per heavy atom. The fourth-order valence-electron chi connectivity index (χ4n) is 3.58. The molecule has 0 unspecified atom stereocenters. The van der Waals surface area contributed by atoms with Gasteiger partial charge in [-0.1, -0.05) is 42.1 Å². The number of thioether (sulfide) groups is 1. The van der Waals surface area contributed by atoms with Gasteiger partial charge in [0, 0.05) is 11.6 Å². The van der Waals surface area contributed by atoms with Crippen molar-refractivity contribution < 1.29 is 14.3 Å². The maximum atomic E-state index is 12.6. The minimum absolute atomic E-state index is 0.159. The first kappa shape index (κ1) is 20.6. The molecule has 2 aromatic carbocycles. The molecular formula is C23H23N5O3S. The Kier molecular flexibility index (Phi) is 5.57. The second-order valence-corrected chi connectivity index (χ2v) is 8.93. The lowest BCUT2D eigenvalue weighted by atomic mass is 10.2. The Labute approximate surface area is 189 Å². The molecule has 1 aromatic heterocycles. The Balaban J connectivity index is 1.25. The fourth-order valence-corrected chi connectivity index (χ4v) is 4.32. The lowest BCUT2D eigenvalue weighted by Crippen LogP contribution is -2.34. The van der Waals surface area contributed by atoms with Gasteiger partial charge in [-0.2, -0.15) is 0 Å². The summed E-state index contributed by atoms with van der Waals surface area (Å²) in [5.74, 6) is 1.89. The third-order valence-electron chi connectivity index (χ3n) is 5.40. The van der Waals surface area contributed by atoms with Crippen LogP contribution >= 0.6 is 11.8 Å². The predicted molar refractivity (Wildman–Crippen MR) is 122 cm³/mol. The highest BCUT2D eigenvalue weighted by atomic mass is 32.2. The Morgan fingerprint density at radius 3 is 2.81 bits per heavy atom. The molecule has 3 aromatic rings. The average molecular weight is 450 g/mol. The first-order chi connectivity index (χ1) is 15.6. The number of ether oxygens (including phenoxy) is 1. The van der Waals surface area contributed by atoms with Gasteiger partial charge in [-0.15, -0.1) is 10.2 Å². The molecule has 0 saturated heterocycles. The Bertz CT molecular complexity index is 1160. The number of nitrogens with one attached hydrogen (secondary N) is 2. The van der Waals surface area contributed by atoms with Crippen molar-refractivity contribution in [2.45, 2.75) is 43.5 Å². The summed E-state index contributed by atoms with van der Waals surface area (Å²) in [5.41, 5.74) is 2.32. The van der Waals surface area contributed by atoms with Crippen LogP contribution in [0.25, 0.3) is 0 Å². The number of benzene rings is 2. The van der Waals surface area contributed by atoms with Crippen LogP contribution in [0.1, 0.15) is 37.1 Å². The highest BCUT2D eigenvalue weighted by Gasteiger charge is 2.30. The number of hydrogen-bond acceptors (Lipinski definition) is 6. The van der Waals surface area contributed by atoms with Gasteiger partial charge in [-0.25, -0.2) is 0 Å². The van der Waals surface area contributed by atoms with E-state index in [0.29, 0.717) is 29.6 Å². The molecule has 9 heteroatoms. The SMILES string of the molecule is C[C@@H]1Oc2ccc(NC(=O)CSc3nnc(C4CC4)n3Cc3ccccc3)cc2NC1=O. The number of carbonyl (C=O) groups excluding carboxylic acids is 2. The van der Waals surface area contributed by atoms with Gasteiger partial charge in [-0.05, 0) is 43.5 Å². The summed E-state index contributed by atoms with van der Waals surface area (Å²) in [4.78, 5) is 24.4. The molecule has 2 N–H and O–H groups in total. The quantitative estimate of drug-likeness (QED) is 0.534. The van der Waals surface area contributed by atoms with E-state index in [0.717, 1.165) is 23.8 Å². The van der Waals surface area contributed by atoms with E-state index in [1.165, 1.54) is 17.3 Å². The average Bonchev–Trinajstić information content (AvgIpc) is 3.55. The molecule has 0 spiro atoms. The number of rotatable bonds is 7. The number of aromatic nitrogens is 3. The van der Waals surface area contributed by atoms with Crippen molar-refractivity contribution in [3.05, 3.63) is 59.9 Å². The standard InChI is InChI=1S/C23H23N5O3S/c1-14-22(30)25-18-11-17(9-10-19(18)31-14)24-20(29)13-32-23-27-26-21(16-7-8-16)28(23)12-15-5-3-2-4-6-15/h2-6,9-11,14,16H,7-8,12-13H2,1H3,(H,24,29)(H,25,30)/t14-/m0/s1. The van der Waals surface area contributed by atoms with Crippen LogP contribution in [0, 0.1) is 0 Å². The molecule has 164 valence electrons. The summed E-state index contributed by atoms with van der Waals surface area (Å²) in [6.07, 6.45) is 1.73. The van der Waals surface area contributed by atoms with E-state index in [1.54, 1.807) is 25.1 Å². The minimum Gasteiger partial charge on any atom is -0.479 e. The van der Waals surface area contributed by atoms with Crippen LogP contribution in [0.5, 0.6) is 5.75 Å². The molecule has 1 atom stereocenters. The number of carbonyl (C=O) groups is 2. The van der Waals surface area contributed by atoms with Crippen molar-refractivity contribution in [1.29, 1.82) is 0 Å². The van der Waals surface area contributed by atoms with Crippen molar-refractivity contribution in [2.24, 2.45) is 0 Å². The molecule has 8 nitrogen and oxygen atoms in total. The van der Waals surface area contributed by atoms with E-state index >= 15 is 0 Å². The molecule has 0 radical (unpaired) electrons. The summed E-state index contributed by atoms with van der Waals surface area (Å²) in [5, 5.41) is 15.2. The Hall–Kier alpha value is -3.33. The van der Waals surface area contributed by atoms with E-state index in [4.69, 9.17) is 4.74 Å². The maximum absolute atomic E-state index is 12.6. The third-order valence-corrected chi connectivity index (χ3v) is 6.36. The zero-order valence-electron chi connectivity index (χ0n) is 17.6. The van der Waals surface area contributed by atoms with Gasteiger partial charge < -0.3 is 19.9 Å². The zero-order valence-corrected chi connectivity index (χ0v) is 18.4. The van der Waals surface area contributed by atoms with Crippen LogP contribution in [-0.4, -0.2) is 38.4 Å². The molecule has 2 amide bonds. The van der Waals surface area contributed by atoms with Gasteiger partial charge in [0.25, 0.3) is 5.91 Å². The van der Waals surface area contributed by atoms with E-state index in [9.17, 15) is 9.59 Å². The summed E-state index contributed by atoms with van der Waals surface area (Å²) in [6.45, 7) is 2.38. The van der Waals surface area contributed by atoms with Crippen LogP contribution in [0.2, 0.25) is 0 Å². The third kappa shape index (κ3) is 4.47. The number of anilines is 2. The summed E-state index contributed by atoms with van der Waals surface area (Å²) < 4.78 is 7.67. The summed E-state index contributed by atoms with van der Waals surface area (Å²) in [7, 11) is 0. The minimum atomic E-state index is -0.534. The Morgan fingerprint density at radius 1 is 1.22 bits per heavy atom.